The monoisotopic (exact) mass is 441 g/mol. The molecule has 0 saturated heterocycles. The van der Waals surface area contributed by atoms with E-state index in [2.05, 4.69) is 10.4 Å². The Morgan fingerprint density at radius 1 is 1.03 bits per heavy atom. The van der Waals surface area contributed by atoms with E-state index in [0.29, 0.717) is 16.3 Å². The molecule has 1 N–H and O–H groups in total. The molecule has 0 radical (unpaired) electrons. The van der Waals surface area contributed by atoms with Gasteiger partial charge in [-0.2, -0.15) is 4.68 Å². The quantitative estimate of drug-likeness (QED) is 0.402. The minimum atomic E-state index is -0.597. The molecule has 0 aliphatic carbocycles. The molecule has 31 heavy (non-hydrogen) atoms. The number of amides is 1. The molecule has 10 nitrogen and oxygen atoms in total. The van der Waals surface area contributed by atoms with E-state index in [1.54, 1.807) is 13.0 Å². The lowest BCUT2D eigenvalue weighted by atomic mass is 10.2. The predicted octanol–water partition coefficient (Wildman–Crippen LogP) is 4.50. The van der Waals surface area contributed by atoms with Gasteiger partial charge in [-0.25, -0.2) is 0 Å². The molecule has 1 amide bonds. The molecule has 160 valence electrons. The summed E-state index contributed by atoms with van der Waals surface area (Å²) in [7, 11) is 0. The second kappa shape index (κ2) is 9.39. The van der Waals surface area contributed by atoms with Gasteiger partial charge in [-0.15, -0.1) is 0 Å². The highest BCUT2D eigenvalue weighted by molar-refractivity contribution is 7.99. The number of hydrogen-bond donors (Lipinski definition) is 1. The van der Waals surface area contributed by atoms with E-state index in [-0.39, 0.29) is 30.4 Å². The summed E-state index contributed by atoms with van der Waals surface area (Å²) >= 11 is 1.35. The van der Waals surface area contributed by atoms with Gasteiger partial charge < -0.3 is 15.4 Å². The number of nitro groups is 2. The predicted molar refractivity (Wildman–Crippen MR) is 115 cm³/mol. The Morgan fingerprint density at radius 2 is 1.74 bits per heavy atom. The van der Waals surface area contributed by atoms with Crippen molar-refractivity contribution in [3.63, 3.8) is 0 Å². The molecule has 0 bridgehead atoms. The van der Waals surface area contributed by atoms with Crippen molar-refractivity contribution in [3.8, 4) is 0 Å². The first-order chi connectivity index (χ1) is 14.7. The van der Waals surface area contributed by atoms with Gasteiger partial charge >= 0.3 is 5.82 Å². The van der Waals surface area contributed by atoms with Crippen LogP contribution in [0.25, 0.3) is 0 Å². The van der Waals surface area contributed by atoms with Crippen LogP contribution in [0.1, 0.15) is 17.7 Å². The third kappa shape index (κ3) is 5.89. The zero-order valence-corrected chi connectivity index (χ0v) is 17.6. The number of benzene rings is 2. The summed E-state index contributed by atoms with van der Waals surface area (Å²) in [6.07, 6.45) is 0.00278. The van der Waals surface area contributed by atoms with Crippen molar-refractivity contribution in [1.82, 2.24) is 9.78 Å². The van der Waals surface area contributed by atoms with Gasteiger partial charge in [-0.3, -0.25) is 14.9 Å². The Kier molecular flexibility index (Phi) is 6.65. The van der Waals surface area contributed by atoms with E-state index in [4.69, 9.17) is 0 Å². The van der Waals surface area contributed by atoms with Gasteiger partial charge in [0.15, 0.2) is 0 Å². The zero-order chi connectivity index (χ0) is 22.5. The number of carbonyl (C=O) groups is 1. The summed E-state index contributed by atoms with van der Waals surface area (Å²) in [5.41, 5.74) is 1.84. The summed E-state index contributed by atoms with van der Waals surface area (Å²) in [5, 5.41) is 28.6. The maximum atomic E-state index is 12.4. The summed E-state index contributed by atoms with van der Waals surface area (Å²) < 4.78 is 1.38. The van der Waals surface area contributed by atoms with Crippen molar-refractivity contribution < 1.29 is 14.6 Å². The molecule has 0 unspecified atom stereocenters. The summed E-state index contributed by atoms with van der Waals surface area (Å²) in [6, 6.07) is 13.5. The van der Waals surface area contributed by atoms with Gasteiger partial charge in [-0.05, 0) is 37.0 Å². The zero-order valence-electron chi connectivity index (χ0n) is 16.8. The molecule has 0 fully saturated rings. The Labute approximate surface area is 181 Å². The number of nitro benzene ring substituents is 1. The number of aryl methyl sites for hydroxylation is 3. The van der Waals surface area contributed by atoms with Gasteiger partial charge in [0.1, 0.15) is 0 Å². The molecule has 0 saturated carbocycles. The van der Waals surface area contributed by atoms with Crippen LogP contribution in [0.5, 0.6) is 0 Å². The summed E-state index contributed by atoms with van der Waals surface area (Å²) in [6.45, 7) is 3.77. The number of rotatable bonds is 8. The number of nitrogens with one attached hydrogen (secondary N) is 1. The second-order valence-electron chi connectivity index (χ2n) is 6.81. The highest BCUT2D eigenvalue weighted by atomic mass is 32.2. The number of anilines is 1. The minimum absolute atomic E-state index is 0.00278. The average molecular weight is 441 g/mol. The summed E-state index contributed by atoms with van der Waals surface area (Å²) in [5.74, 6) is -0.668. The molecule has 0 aliphatic rings. The third-order valence-electron chi connectivity index (χ3n) is 4.35. The highest BCUT2D eigenvalue weighted by Crippen LogP contribution is 2.33. The van der Waals surface area contributed by atoms with Crippen LogP contribution in [0.4, 0.5) is 17.2 Å². The molecule has 2 aromatic carbocycles. The van der Waals surface area contributed by atoms with Crippen LogP contribution in [-0.2, 0) is 11.3 Å². The van der Waals surface area contributed by atoms with Gasteiger partial charge in [0.25, 0.3) is 5.69 Å². The van der Waals surface area contributed by atoms with Crippen LogP contribution in [0.3, 0.4) is 0 Å². The van der Waals surface area contributed by atoms with Gasteiger partial charge in [-0.1, -0.05) is 29.5 Å². The molecule has 3 rings (SSSR count). The minimum Gasteiger partial charge on any atom is -0.358 e. The lowest BCUT2D eigenvalue weighted by molar-refractivity contribution is -0.389. The normalized spacial score (nSPS) is 10.6. The first-order valence-corrected chi connectivity index (χ1v) is 10.1. The number of aromatic nitrogens is 2. The maximum absolute atomic E-state index is 12.4. The first kappa shape index (κ1) is 22.0. The van der Waals surface area contributed by atoms with Crippen LogP contribution in [0, 0.1) is 34.1 Å². The average Bonchev–Trinajstić information content (AvgIpc) is 3.09. The topological polar surface area (TPSA) is 133 Å². The van der Waals surface area contributed by atoms with E-state index in [0.717, 1.165) is 10.5 Å². The van der Waals surface area contributed by atoms with E-state index < -0.39 is 9.85 Å². The van der Waals surface area contributed by atoms with Crippen LogP contribution in [-0.4, -0.2) is 25.5 Å². The van der Waals surface area contributed by atoms with E-state index >= 15 is 0 Å². The largest absolute Gasteiger partial charge is 0.390 e. The molecule has 1 aromatic heterocycles. The fourth-order valence-corrected chi connectivity index (χ4v) is 3.71. The number of carbonyl (C=O) groups excluding carboxylic acids is 1. The van der Waals surface area contributed by atoms with Crippen molar-refractivity contribution in [2.45, 2.75) is 36.6 Å². The maximum Gasteiger partial charge on any atom is 0.390 e. The Hall–Kier alpha value is -3.73. The van der Waals surface area contributed by atoms with Gasteiger partial charge in [0, 0.05) is 34.0 Å². The van der Waals surface area contributed by atoms with E-state index in [1.807, 2.05) is 31.2 Å². The molecular formula is C20H19N5O5S. The van der Waals surface area contributed by atoms with Crippen LogP contribution < -0.4 is 5.32 Å². The number of hydrogen-bond acceptors (Lipinski definition) is 7. The SMILES string of the molecule is Cc1ccc(Sc2cc(NC(=O)CCn3nc([N+](=O)[O-])cc3C)cc([N+](=O)[O-])c2)cc1. The van der Waals surface area contributed by atoms with Crippen molar-refractivity contribution in [3.05, 3.63) is 80.0 Å². The van der Waals surface area contributed by atoms with Gasteiger partial charge in [0.2, 0.25) is 5.91 Å². The molecule has 0 spiro atoms. The standard InChI is InChI=1S/C20H19N5O5S/c1-13-3-5-17(6-4-13)31-18-11-15(10-16(12-18)24(27)28)21-20(26)7-8-23-14(2)9-19(22-23)25(29)30/h3-6,9-12H,7-8H2,1-2H3,(H,21,26). The molecule has 0 atom stereocenters. The Balaban J connectivity index is 1.71. The van der Waals surface area contributed by atoms with Crippen molar-refractivity contribution in [2.24, 2.45) is 0 Å². The van der Waals surface area contributed by atoms with Crippen molar-refractivity contribution >= 4 is 34.9 Å². The van der Waals surface area contributed by atoms with E-state index in [9.17, 15) is 25.0 Å². The van der Waals surface area contributed by atoms with Crippen LogP contribution >= 0.6 is 11.8 Å². The van der Waals surface area contributed by atoms with Crippen LogP contribution in [0.2, 0.25) is 0 Å². The van der Waals surface area contributed by atoms with Gasteiger partial charge in [0.05, 0.1) is 28.3 Å². The van der Waals surface area contributed by atoms with Crippen molar-refractivity contribution in [1.29, 1.82) is 0 Å². The smallest absolute Gasteiger partial charge is 0.358 e. The lowest BCUT2D eigenvalue weighted by Crippen LogP contribution is -2.15. The Morgan fingerprint density at radius 3 is 2.35 bits per heavy atom. The summed E-state index contributed by atoms with van der Waals surface area (Å²) in [4.78, 5) is 34.9. The molecule has 1 heterocycles. The van der Waals surface area contributed by atoms with Crippen molar-refractivity contribution in [2.75, 3.05) is 5.32 Å². The Bertz CT molecular complexity index is 1140. The first-order valence-electron chi connectivity index (χ1n) is 9.24. The fourth-order valence-electron chi connectivity index (χ4n) is 2.80. The molecular weight excluding hydrogens is 422 g/mol. The molecule has 11 heteroatoms. The third-order valence-corrected chi connectivity index (χ3v) is 5.33. The molecule has 3 aromatic rings. The second-order valence-corrected chi connectivity index (χ2v) is 7.96. The fraction of sp³-hybridized carbons (Fsp3) is 0.200. The van der Waals surface area contributed by atoms with E-state index in [1.165, 1.54) is 34.6 Å². The highest BCUT2D eigenvalue weighted by Gasteiger charge is 2.17. The number of non-ortho nitro benzene ring substituents is 1. The molecule has 0 aliphatic heterocycles. The number of nitrogens with zero attached hydrogens (tertiary/aromatic N) is 4. The van der Waals surface area contributed by atoms with Crippen LogP contribution in [0.15, 0.2) is 58.3 Å². The lowest BCUT2D eigenvalue weighted by Gasteiger charge is -2.08.